The number of carbonyl (C=O) groups is 3. The summed E-state index contributed by atoms with van der Waals surface area (Å²) in [6, 6.07) is -1.12. The maximum atomic E-state index is 13.8. The van der Waals surface area contributed by atoms with Crippen LogP contribution < -0.4 is 5.32 Å². The van der Waals surface area contributed by atoms with Crippen molar-refractivity contribution in [1.29, 1.82) is 0 Å². The quantitative estimate of drug-likeness (QED) is 0.0397. The van der Waals surface area contributed by atoms with Crippen LogP contribution in [0.3, 0.4) is 0 Å². The van der Waals surface area contributed by atoms with Crippen LogP contribution in [0.25, 0.3) is 0 Å². The molecule has 1 rings (SSSR count). The number of hydrogen-bond acceptors (Lipinski definition) is 7. The molecule has 0 aromatic rings. The number of unbranched alkanes of at least 4 members (excludes halogenated alkanes) is 25. The number of aliphatic hydroxyl groups is 3. The number of rotatable bonds is 36. The Kier molecular flexibility index (Phi) is 31.2. The summed E-state index contributed by atoms with van der Waals surface area (Å²) in [5, 5.41) is 43.4. The van der Waals surface area contributed by atoms with Gasteiger partial charge in [-0.3, -0.25) is 14.4 Å². The Morgan fingerprint density at radius 1 is 0.547 bits per heavy atom. The molecule has 0 aromatic heterocycles. The molecular weight excluding hydrogens is 672 g/mol. The number of nitrogens with zero attached hydrogens (tertiary/aromatic N) is 1. The average molecular weight is 755 g/mol. The maximum Gasteiger partial charge on any atom is 0.303 e. The number of hydrogen-bond donors (Lipinski definition) is 5. The fourth-order valence-electron chi connectivity index (χ4n) is 7.49. The van der Waals surface area contributed by atoms with Crippen LogP contribution in [0.1, 0.15) is 213 Å². The van der Waals surface area contributed by atoms with Gasteiger partial charge in [-0.1, -0.05) is 174 Å². The van der Waals surface area contributed by atoms with Gasteiger partial charge in [-0.2, -0.15) is 0 Å². The Bertz CT molecular complexity index is 906. The van der Waals surface area contributed by atoms with Crippen molar-refractivity contribution >= 4 is 17.8 Å². The molecule has 1 heterocycles. The molecule has 10 heteroatoms. The SMILES string of the molecule is CCCCCCCCCCCCCCCCCC(=O)N(CCCCCCCCCCCCCC)[C@@H]1O[C@H](CO)[C@@H](O)[C@H](O)[C@@H]1NC(=O)CCCC(=O)O. The molecule has 10 nitrogen and oxygen atoms in total. The Morgan fingerprint density at radius 3 is 1.38 bits per heavy atom. The predicted octanol–water partition coefficient (Wildman–Crippen LogP) is 8.96. The van der Waals surface area contributed by atoms with Gasteiger partial charge in [0.15, 0.2) is 6.23 Å². The number of aliphatic carboxylic acids is 1. The van der Waals surface area contributed by atoms with Crippen LogP contribution in [-0.2, 0) is 19.1 Å². The van der Waals surface area contributed by atoms with Gasteiger partial charge in [0.25, 0.3) is 0 Å². The average Bonchev–Trinajstić information content (AvgIpc) is 3.14. The van der Waals surface area contributed by atoms with E-state index in [4.69, 9.17) is 9.84 Å². The van der Waals surface area contributed by atoms with Crippen LogP contribution in [0.4, 0.5) is 0 Å². The number of amides is 2. The fraction of sp³-hybridized carbons (Fsp3) is 0.930. The molecule has 0 radical (unpaired) electrons. The number of carbonyl (C=O) groups excluding carboxylic acids is 2. The van der Waals surface area contributed by atoms with E-state index in [0.717, 1.165) is 51.4 Å². The van der Waals surface area contributed by atoms with E-state index >= 15 is 0 Å². The monoisotopic (exact) mass is 755 g/mol. The van der Waals surface area contributed by atoms with Crippen molar-refractivity contribution in [1.82, 2.24) is 10.2 Å². The summed E-state index contributed by atoms with van der Waals surface area (Å²) >= 11 is 0. The largest absolute Gasteiger partial charge is 0.481 e. The Morgan fingerprint density at radius 2 is 0.962 bits per heavy atom. The molecule has 0 saturated carbocycles. The van der Waals surface area contributed by atoms with E-state index in [-0.39, 0.29) is 25.2 Å². The lowest BCUT2D eigenvalue weighted by Gasteiger charge is -2.47. The summed E-state index contributed by atoms with van der Waals surface area (Å²) in [5.74, 6) is -1.62. The molecule has 5 atom stereocenters. The maximum absolute atomic E-state index is 13.8. The highest BCUT2D eigenvalue weighted by Crippen LogP contribution is 2.26. The number of carboxylic acids is 1. The summed E-state index contributed by atoms with van der Waals surface area (Å²) in [4.78, 5) is 39.2. The third-order valence-corrected chi connectivity index (χ3v) is 10.9. The van der Waals surface area contributed by atoms with E-state index in [1.165, 1.54) is 122 Å². The molecule has 0 bridgehead atoms. The molecule has 0 aliphatic carbocycles. The van der Waals surface area contributed by atoms with Gasteiger partial charge in [-0.05, 0) is 19.3 Å². The summed E-state index contributed by atoms with van der Waals surface area (Å²) in [6.45, 7) is 4.33. The minimum absolute atomic E-state index is 0.0758. The van der Waals surface area contributed by atoms with Gasteiger partial charge in [0, 0.05) is 25.8 Å². The second-order valence-corrected chi connectivity index (χ2v) is 15.7. The lowest BCUT2D eigenvalue weighted by atomic mass is 9.94. The lowest BCUT2D eigenvalue weighted by molar-refractivity contribution is -0.231. The zero-order chi connectivity index (χ0) is 38.9. The van der Waals surface area contributed by atoms with Crippen LogP contribution in [0.2, 0.25) is 0 Å². The zero-order valence-electron chi connectivity index (χ0n) is 34.1. The molecule has 0 aromatic carbocycles. The smallest absolute Gasteiger partial charge is 0.303 e. The minimum atomic E-state index is -1.47. The van der Waals surface area contributed by atoms with Crippen molar-refractivity contribution in [3.8, 4) is 0 Å². The van der Waals surface area contributed by atoms with Gasteiger partial charge in [0.1, 0.15) is 24.4 Å². The number of nitrogens with one attached hydrogen (secondary N) is 1. The van der Waals surface area contributed by atoms with Crippen LogP contribution >= 0.6 is 0 Å². The van der Waals surface area contributed by atoms with E-state index in [2.05, 4.69) is 19.2 Å². The molecule has 0 unspecified atom stereocenters. The van der Waals surface area contributed by atoms with Gasteiger partial charge in [0.05, 0.1) is 6.61 Å². The molecule has 1 saturated heterocycles. The molecule has 1 aliphatic rings. The molecule has 53 heavy (non-hydrogen) atoms. The van der Waals surface area contributed by atoms with Crippen molar-refractivity contribution in [3.05, 3.63) is 0 Å². The number of aliphatic hydroxyl groups excluding tert-OH is 3. The minimum Gasteiger partial charge on any atom is -0.481 e. The molecule has 312 valence electrons. The van der Waals surface area contributed by atoms with E-state index in [9.17, 15) is 29.7 Å². The molecule has 1 fully saturated rings. The Labute approximate surface area is 323 Å². The summed E-state index contributed by atoms with van der Waals surface area (Å²) in [6.07, 6.45) is 27.8. The van der Waals surface area contributed by atoms with Gasteiger partial charge in [0.2, 0.25) is 11.8 Å². The van der Waals surface area contributed by atoms with Crippen LogP contribution in [0.5, 0.6) is 0 Å². The van der Waals surface area contributed by atoms with Gasteiger partial charge in [-0.25, -0.2) is 0 Å². The summed E-state index contributed by atoms with van der Waals surface area (Å²) in [5.41, 5.74) is 0. The predicted molar refractivity (Wildman–Crippen MR) is 214 cm³/mol. The third kappa shape index (κ3) is 24.4. The van der Waals surface area contributed by atoms with Crippen LogP contribution in [0, 0.1) is 0 Å². The lowest BCUT2D eigenvalue weighted by Crippen LogP contribution is -2.68. The van der Waals surface area contributed by atoms with Crippen LogP contribution in [0.15, 0.2) is 0 Å². The van der Waals surface area contributed by atoms with Gasteiger partial charge in [-0.15, -0.1) is 0 Å². The van der Waals surface area contributed by atoms with Crippen LogP contribution in [-0.4, -0.2) is 86.8 Å². The standard InChI is InChI=1S/C43H82N2O8/c1-3-5-7-9-11-13-15-17-18-19-20-22-24-26-28-32-38(48)45(34-29-27-25-23-21-16-14-12-10-8-6-4-2)43-40(42(52)41(51)36(35-46)53-43)44-37(47)31-30-33-39(49)50/h36,40-43,46,51-52H,3-35H2,1-2H3,(H,44,47)(H,49,50)/t36-,40+,41-,42-,43-/m1/s1. The first kappa shape index (κ1) is 49.3. The highest BCUT2D eigenvalue weighted by Gasteiger charge is 2.48. The summed E-state index contributed by atoms with van der Waals surface area (Å²) < 4.78 is 6.08. The van der Waals surface area contributed by atoms with Crippen molar-refractivity contribution in [2.75, 3.05) is 13.2 Å². The third-order valence-electron chi connectivity index (χ3n) is 10.9. The first-order valence-electron chi connectivity index (χ1n) is 22.2. The molecule has 1 aliphatic heterocycles. The van der Waals surface area contributed by atoms with E-state index in [1.54, 1.807) is 4.90 Å². The van der Waals surface area contributed by atoms with E-state index < -0.39 is 49.1 Å². The number of ether oxygens (including phenoxy) is 1. The van der Waals surface area contributed by atoms with E-state index in [1.807, 2.05) is 0 Å². The Balaban J connectivity index is 2.67. The van der Waals surface area contributed by atoms with Gasteiger partial charge < -0.3 is 35.4 Å². The molecular formula is C43H82N2O8. The first-order chi connectivity index (χ1) is 25.8. The normalized spacial score (nSPS) is 20.1. The van der Waals surface area contributed by atoms with Crippen molar-refractivity contribution in [3.63, 3.8) is 0 Å². The van der Waals surface area contributed by atoms with Crippen molar-refractivity contribution < 1.29 is 39.5 Å². The van der Waals surface area contributed by atoms with Gasteiger partial charge >= 0.3 is 5.97 Å². The van der Waals surface area contributed by atoms with Crippen molar-refractivity contribution in [2.24, 2.45) is 0 Å². The molecule has 2 amide bonds. The Hall–Kier alpha value is -1.75. The second-order valence-electron chi connectivity index (χ2n) is 15.7. The number of carboxylic acid groups (broad SMARTS) is 1. The highest BCUT2D eigenvalue weighted by atomic mass is 16.5. The molecule has 0 spiro atoms. The first-order valence-corrected chi connectivity index (χ1v) is 22.2. The molecule has 5 N–H and O–H groups in total. The second kappa shape index (κ2) is 33.6. The van der Waals surface area contributed by atoms with E-state index in [0.29, 0.717) is 13.0 Å². The highest BCUT2D eigenvalue weighted by molar-refractivity contribution is 5.78. The topological polar surface area (TPSA) is 157 Å². The zero-order valence-corrected chi connectivity index (χ0v) is 34.1. The van der Waals surface area contributed by atoms with Crippen molar-refractivity contribution in [2.45, 2.75) is 243 Å². The summed E-state index contributed by atoms with van der Waals surface area (Å²) in [7, 11) is 0. The fourth-order valence-corrected chi connectivity index (χ4v) is 7.49.